The van der Waals surface area contributed by atoms with Gasteiger partial charge in [0.15, 0.2) is 0 Å². The van der Waals surface area contributed by atoms with Crippen molar-refractivity contribution in [1.82, 2.24) is 4.98 Å². The smallest absolute Gasteiger partial charge is 0.252 e. The van der Waals surface area contributed by atoms with Crippen molar-refractivity contribution >= 4 is 102 Å². The van der Waals surface area contributed by atoms with Gasteiger partial charge in [-0.1, -0.05) is 121 Å². The van der Waals surface area contributed by atoms with Crippen LogP contribution in [0.2, 0.25) is 0 Å². The van der Waals surface area contributed by atoms with Crippen molar-refractivity contribution in [3.05, 3.63) is 206 Å². The lowest BCUT2D eigenvalue weighted by Gasteiger charge is -2.49. The Kier molecular flexibility index (Phi) is 6.95. The maximum atomic E-state index is 5.04. The Bertz CT molecular complexity index is 2990. The summed E-state index contributed by atoms with van der Waals surface area (Å²) in [6.45, 7) is -0.0184. The normalized spacial score (nSPS) is 13.4. The molecule has 0 unspecified atom stereocenters. The van der Waals surface area contributed by atoms with E-state index in [0.29, 0.717) is 0 Å². The third-order valence-electron chi connectivity index (χ3n) is 11.7. The molecule has 9 aromatic rings. The highest BCUT2D eigenvalue weighted by molar-refractivity contribution is 7.00. The van der Waals surface area contributed by atoms with Crippen LogP contribution in [0.4, 0.5) is 68.2 Å². The van der Waals surface area contributed by atoms with Gasteiger partial charge in [-0.25, -0.2) is 0 Å². The van der Waals surface area contributed by atoms with Crippen molar-refractivity contribution in [3.63, 3.8) is 0 Å². The van der Waals surface area contributed by atoms with Crippen LogP contribution in [0.25, 0.3) is 10.9 Å². The van der Waals surface area contributed by atoms with Crippen LogP contribution in [0.1, 0.15) is 0 Å². The van der Waals surface area contributed by atoms with E-state index in [9.17, 15) is 0 Å². The van der Waals surface area contributed by atoms with Gasteiger partial charge in [0.05, 0.1) is 39.6 Å². The van der Waals surface area contributed by atoms with Crippen molar-refractivity contribution in [3.8, 4) is 0 Å². The van der Waals surface area contributed by atoms with Crippen LogP contribution < -0.4 is 36.0 Å². The zero-order valence-electron chi connectivity index (χ0n) is 30.9. The Morgan fingerprint density at radius 2 is 0.807 bits per heavy atom. The summed E-state index contributed by atoms with van der Waals surface area (Å²) in [5.74, 6) is 0. The van der Waals surface area contributed by atoms with E-state index in [-0.39, 0.29) is 6.71 Å². The molecule has 5 nitrogen and oxygen atoms in total. The van der Waals surface area contributed by atoms with Crippen molar-refractivity contribution in [2.45, 2.75) is 0 Å². The molecule has 266 valence electrons. The molecule has 0 spiro atoms. The van der Waals surface area contributed by atoms with E-state index in [1.54, 1.807) is 0 Å². The second kappa shape index (κ2) is 12.5. The number of fused-ring (bicyclic) bond motifs is 8. The highest BCUT2D eigenvalue weighted by atomic mass is 15.3. The van der Waals surface area contributed by atoms with E-state index < -0.39 is 0 Å². The van der Waals surface area contributed by atoms with Crippen molar-refractivity contribution in [2.24, 2.45) is 0 Å². The number of rotatable bonds is 4. The molecule has 57 heavy (non-hydrogen) atoms. The summed E-state index contributed by atoms with van der Waals surface area (Å²) in [6, 6.07) is 72.5. The molecule has 0 N–H and O–H groups in total. The van der Waals surface area contributed by atoms with Crippen LogP contribution in [-0.4, -0.2) is 11.7 Å². The van der Waals surface area contributed by atoms with Gasteiger partial charge in [-0.3, -0.25) is 4.98 Å². The number of hydrogen-bond acceptors (Lipinski definition) is 5. The first-order valence-electron chi connectivity index (χ1n) is 19.5. The summed E-state index contributed by atoms with van der Waals surface area (Å²) in [6.07, 6.45) is 1.90. The topological polar surface area (TPSA) is 25.9 Å². The molecule has 0 aliphatic carbocycles. The number of nitrogens with zero attached hydrogens (tertiary/aromatic N) is 5. The monoisotopic (exact) mass is 727 g/mol. The Balaban J connectivity index is 1.30. The van der Waals surface area contributed by atoms with Gasteiger partial charge in [-0.05, 0) is 95.3 Å². The van der Waals surface area contributed by atoms with Crippen LogP contribution in [-0.2, 0) is 0 Å². The highest BCUT2D eigenvalue weighted by Crippen LogP contribution is 2.61. The van der Waals surface area contributed by atoms with Gasteiger partial charge >= 0.3 is 0 Å². The van der Waals surface area contributed by atoms with E-state index in [4.69, 9.17) is 4.98 Å². The van der Waals surface area contributed by atoms with Gasteiger partial charge < -0.3 is 19.6 Å². The molecule has 3 aliphatic rings. The van der Waals surface area contributed by atoms with Crippen LogP contribution >= 0.6 is 0 Å². The summed E-state index contributed by atoms with van der Waals surface area (Å²) >= 11 is 0. The first-order valence-corrected chi connectivity index (χ1v) is 19.5. The van der Waals surface area contributed by atoms with Crippen LogP contribution in [0.15, 0.2) is 206 Å². The van der Waals surface area contributed by atoms with Crippen LogP contribution in [0, 0.1) is 0 Å². The van der Waals surface area contributed by atoms with E-state index in [0.717, 1.165) is 67.8 Å². The number of benzene rings is 8. The van der Waals surface area contributed by atoms with Gasteiger partial charge in [-0.2, -0.15) is 0 Å². The largest absolute Gasteiger partial charge is 0.311 e. The van der Waals surface area contributed by atoms with E-state index in [1.165, 1.54) is 27.8 Å². The number of para-hydroxylation sites is 8. The first kappa shape index (κ1) is 31.8. The summed E-state index contributed by atoms with van der Waals surface area (Å²) < 4.78 is 0. The van der Waals surface area contributed by atoms with Crippen LogP contribution in [0.3, 0.4) is 0 Å². The predicted molar refractivity (Wildman–Crippen MR) is 239 cm³/mol. The molecule has 0 amide bonds. The fourth-order valence-electron chi connectivity index (χ4n) is 9.50. The third-order valence-corrected chi connectivity index (χ3v) is 11.7. The Labute approximate surface area is 332 Å². The number of pyridine rings is 1. The summed E-state index contributed by atoms with van der Waals surface area (Å²) in [5, 5.41) is 1.10. The molecule has 6 heteroatoms. The molecule has 0 atom stereocenters. The lowest BCUT2D eigenvalue weighted by molar-refractivity contribution is 1.15. The van der Waals surface area contributed by atoms with Gasteiger partial charge in [0.1, 0.15) is 0 Å². The first-order chi connectivity index (χ1) is 28.3. The molecule has 0 bridgehead atoms. The number of hydrogen-bond donors (Lipinski definition) is 0. The van der Waals surface area contributed by atoms with Crippen molar-refractivity contribution in [1.29, 1.82) is 0 Å². The molecule has 4 heterocycles. The van der Waals surface area contributed by atoms with E-state index in [2.05, 4.69) is 214 Å². The number of anilines is 12. The van der Waals surface area contributed by atoms with Gasteiger partial charge in [-0.15, -0.1) is 0 Å². The predicted octanol–water partition coefficient (Wildman–Crippen LogP) is 11.6. The molecule has 0 saturated heterocycles. The second-order valence-corrected chi connectivity index (χ2v) is 14.8. The van der Waals surface area contributed by atoms with Crippen molar-refractivity contribution in [2.75, 3.05) is 19.6 Å². The lowest BCUT2D eigenvalue weighted by atomic mass is 9.33. The summed E-state index contributed by atoms with van der Waals surface area (Å²) in [7, 11) is 0. The molecule has 0 fully saturated rings. The average Bonchev–Trinajstić information content (AvgIpc) is 3.28. The number of aromatic nitrogens is 1. The molecule has 8 aromatic carbocycles. The molecular weight excluding hydrogens is 693 g/mol. The molecule has 12 rings (SSSR count). The highest BCUT2D eigenvalue weighted by Gasteiger charge is 2.47. The fourth-order valence-corrected chi connectivity index (χ4v) is 9.50. The summed E-state index contributed by atoms with van der Waals surface area (Å²) in [4.78, 5) is 15.0. The van der Waals surface area contributed by atoms with E-state index >= 15 is 0 Å². The van der Waals surface area contributed by atoms with E-state index in [1.807, 2.05) is 12.3 Å². The SMILES string of the molecule is c1ccc(N2c3ccccc3B3c4ccccc4N(c4ccccc4)c4c3c2cc2c4N(c3ccccc3)c3ccccc3N2c2cccc3cccnc23)cc1. The molecule has 0 saturated carbocycles. The Morgan fingerprint density at radius 3 is 1.44 bits per heavy atom. The van der Waals surface area contributed by atoms with Gasteiger partial charge in [0.2, 0.25) is 0 Å². The quantitative estimate of drug-likeness (QED) is 0.168. The van der Waals surface area contributed by atoms with Crippen molar-refractivity contribution < 1.29 is 0 Å². The lowest BCUT2D eigenvalue weighted by Crippen LogP contribution is -2.61. The minimum absolute atomic E-state index is 0.0184. The molecule has 0 radical (unpaired) electrons. The minimum atomic E-state index is -0.0184. The standard InChI is InChI=1S/C51H34BN5/c1-4-20-36(21-5-1)54-41-28-12-10-26-39(41)52-40-27-11-13-29-42(40)55(37-22-6-2-7-23-37)51-48(52)46(54)34-47-50(51)56(38-24-8-3-9-25-38)43-30-14-15-31-44(43)57(47)45-32-16-18-35-19-17-33-53-49(35)45/h1-34H. The zero-order valence-corrected chi connectivity index (χ0v) is 30.9. The molecular formula is C51H34BN5. The maximum Gasteiger partial charge on any atom is 0.252 e. The fraction of sp³-hybridized carbons (Fsp3) is 0. The molecule has 1 aromatic heterocycles. The van der Waals surface area contributed by atoms with Gasteiger partial charge in [0, 0.05) is 45.7 Å². The van der Waals surface area contributed by atoms with Crippen LogP contribution in [0.5, 0.6) is 0 Å². The third kappa shape index (κ3) is 4.61. The average molecular weight is 728 g/mol. The maximum absolute atomic E-state index is 5.04. The van der Waals surface area contributed by atoms with Gasteiger partial charge in [0.25, 0.3) is 6.71 Å². The molecule has 3 aliphatic heterocycles. The zero-order chi connectivity index (χ0) is 37.5. The second-order valence-electron chi connectivity index (χ2n) is 14.8. The summed E-state index contributed by atoms with van der Waals surface area (Å²) in [5.41, 5.74) is 18.2. The minimum Gasteiger partial charge on any atom is -0.311 e. The Morgan fingerprint density at radius 1 is 0.333 bits per heavy atom. The Hall–Kier alpha value is -7.57.